The quantitative estimate of drug-likeness (QED) is 0.409. The van der Waals surface area contributed by atoms with Crippen LogP contribution in [0.1, 0.15) is 49.1 Å². The van der Waals surface area contributed by atoms with Gasteiger partial charge in [-0.25, -0.2) is 13.6 Å². The third-order valence-electron chi connectivity index (χ3n) is 7.83. The molecule has 0 unspecified atom stereocenters. The number of aromatic nitrogens is 4. The SMILES string of the molecule is NCCC1CCC(N2CC(c3ccc(-c4ccc(C(F)(F)F)c(S(N)(=O)=O)c4-c4nn[nH]n4)cc3)C2)CC1. The Bertz CT molecular complexity index is 1370. The molecule has 1 aliphatic heterocycles. The summed E-state index contributed by atoms with van der Waals surface area (Å²) in [5.41, 5.74) is 5.83. The molecule has 2 aliphatic rings. The van der Waals surface area contributed by atoms with Crippen LogP contribution in [0.5, 0.6) is 0 Å². The van der Waals surface area contributed by atoms with Crippen molar-refractivity contribution in [2.24, 2.45) is 16.8 Å². The summed E-state index contributed by atoms with van der Waals surface area (Å²) in [6.07, 6.45) is 1.02. The number of hydrogen-bond donors (Lipinski definition) is 3. The molecular formula is C25H30F3N7O2S. The second kappa shape index (κ2) is 10.4. The Labute approximate surface area is 218 Å². The predicted molar refractivity (Wildman–Crippen MR) is 135 cm³/mol. The van der Waals surface area contributed by atoms with Gasteiger partial charge in [-0.2, -0.15) is 18.4 Å². The highest BCUT2D eigenvalue weighted by Gasteiger charge is 2.40. The van der Waals surface area contributed by atoms with Crippen LogP contribution in [-0.4, -0.2) is 59.6 Å². The number of likely N-dealkylation sites (tertiary alicyclic amines) is 1. The number of nitrogens with one attached hydrogen (secondary N) is 1. The Morgan fingerprint density at radius 1 is 1.03 bits per heavy atom. The van der Waals surface area contributed by atoms with E-state index in [4.69, 9.17) is 10.9 Å². The second-order valence-electron chi connectivity index (χ2n) is 10.2. The molecule has 0 amide bonds. The predicted octanol–water partition coefficient (Wildman–Crippen LogP) is 3.51. The third kappa shape index (κ3) is 5.33. The average Bonchev–Trinajstić information content (AvgIpc) is 3.38. The van der Waals surface area contributed by atoms with E-state index in [1.165, 1.54) is 31.7 Å². The molecule has 204 valence electrons. The molecule has 1 saturated heterocycles. The first-order valence-electron chi connectivity index (χ1n) is 12.6. The lowest BCUT2D eigenvalue weighted by Crippen LogP contribution is -2.51. The van der Waals surface area contributed by atoms with E-state index in [0.29, 0.717) is 17.5 Å². The molecule has 0 bridgehead atoms. The number of H-pyrrole nitrogens is 1. The Hall–Kier alpha value is -2.87. The van der Waals surface area contributed by atoms with E-state index in [1.54, 1.807) is 12.1 Å². The van der Waals surface area contributed by atoms with Crippen LogP contribution < -0.4 is 10.9 Å². The Morgan fingerprint density at radius 2 is 1.71 bits per heavy atom. The molecule has 1 aliphatic carbocycles. The van der Waals surface area contributed by atoms with Crippen LogP contribution in [0, 0.1) is 5.92 Å². The van der Waals surface area contributed by atoms with E-state index in [0.717, 1.165) is 43.6 Å². The highest BCUT2D eigenvalue weighted by Crippen LogP contribution is 2.43. The maximum atomic E-state index is 13.7. The fourth-order valence-corrected chi connectivity index (χ4v) is 6.80. The number of halogens is 3. The van der Waals surface area contributed by atoms with E-state index in [-0.39, 0.29) is 17.0 Å². The van der Waals surface area contributed by atoms with Crippen molar-refractivity contribution in [2.45, 2.75) is 55.1 Å². The maximum Gasteiger partial charge on any atom is 0.417 e. The number of rotatable bonds is 7. The molecule has 0 spiro atoms. The summed E-state index contributed by atoms with van der Waals surface area (Å²) in [5.74, 6) is 0.822. The van der Waals surface area contributed by atoms with Crippen LogP contribution in [0.2, 0.25) is 0 Å². The first-order chi connectivity index (χ1) is 18.1. The minimum absolute atomic E-state index is 0.208. The molecular weight excluding hydrogens is 519 g/mol. The Kier molecular flexibility index (Phi) is 7.29. The molecule has 5 N–H and O–H groups in total. The number of alkyl halides is 3. The summed E-state index contributed by atoms with van der Waals surface area (Å²) >= 11 is 0. The second-order valence-corrected chi connectivity index (χ2v) is 11.7. The largest absolute Gasteiger partial charge is 0.417 e. The smallest absolute Gasteiger partial charge is 0.330 e. The van der Waals surface area contributed by atoms with Gasteiger partial charge in [0, 0.05) is 25.0 Å². The van der Waals surface area contributed by atoms with Crippen molar-refractivity contribution in [2.75, 3.05) is 19.6 Å². The molecule has 0 atom stereocenters. The number of nitrogens with zero attached hydrogens (tertiary/aromatic N) is 4. The maximum absolute atomic E-state index is 13.7. The number of tetrazole rings is 1. The van der Waals surface area contributed by atoms with Crippen LogP contribution in [0.25, 0.3) is 22.5 Å². The topological polar surface area (TPSA) is 144 Å². The van der Waals surface area contributed by atoms with Crippen molar-refractivity contribution >= 4 is 10.0 Å². The van der Waals surface area contributed by atoms with Gasteiger partial charge in [0.15, 0.2) is 0 Å². The van der Waals surface area contributed by atoms with Gasteiger partial charge in [0.2, 0.25) is 15.8 Å². The summed E-state index contributed by atoms with van der Waals surface area (Å²) < 4.78 is 66.0. The van der Waals surface area contributed by atoms with Crippen molar-refractivity contribution in [1.82, 2.24) is 25.5 Å². The van der Waals surface area contributed by atoms with Crippen LogP contribution in [0.3, 0.4) is 0 Å². The molecule has 5 rings (SSSR count). The molecule has 0 radical (unpaired) electrons. The summed E-state index contributed by atoms with van der Waals surface area (Å²) in [6, 6.07) is 9.96. The molecule has 2 heterocycles. The fraction of sp³-hybridized carbons (Fsp3) is 0.480. The molecule has 3 aromatic rings. The van der Waals surface area contributed by atoms with Crippen molar-refractivity contribution in [3.63, 3.8) is 0 Å². The summed E-state index contributed by atoms with van der Waals surface area (Å²) in [7, 11) is -4.80. The van der Waals surface area contributed by atoms with Crippen LogP contribution >= 0.6 is 0 Å². The van der Waals surface area contributed by atoms with E-state index >= 15 is 0 Å². The normalized spacial score (nSPS) is 21.4. The van der Waals surface area contributed by atoms with Crippen molar-refractivity contribution < 1.29 is 21.6 Å². The molecule has 1 saturated carbocycles. The summed E-state index contributed by atoms with van der Waals surface area (Å²) in [4.78, 5) is 1.45. The van der Waals surface area contributed by atoms with Gasteiger partial charge in [0.1, 0.15) is 4.90 Å². The minimum Gasteiger partial charge on any atom is -0.330 e. The molecule has 38 heavy (non-hydrogen) atoms. The van der Waals surface area contributed by atoms with Gasteiger partial charge in [-0.1, -0.05) is 30.3 Å². The number of nitrogens with two attached hydrogens (primary N) is 2. The standard InChI is InChI=1S/C25H30F3N7O2S/c26-25(27,28)21-10-9-20(22(23(21)38(30,36)37)24-31-33-34-32-24)17-5-3-16(4-6-17)18-13-35(14-18)19-7-1-15(2-8-19)11-12-29/h3-6,9-10,15,18-19H,1-2,7-8,11-14,29H2,(H2,30,36,37)(H,31,32,33,34). The molecule has 2 aromatic carbocycles. The zero-order valence-electron chi connectivity index (χ0n) is 20.7. The van der Waals surface area contributed by atoms with Gasteiger partial charge in [-0.05, 0) is 72.5 Å². The summed E-state index contributed by atoms with van der Waals surface area (Å²) in [5, 5.41) is 18.4. The van der Waals surface area contributed by atoms with E-state index in [1.807, 2.05) is 12.1 Å². The average molecular weight is 550 g/mol. The summed E-state index contributed by atoms with van der Waals surface area (Å²) in [6.45, 7) is 2.69. The molecule has 13 heteroatoms. The highest BCUT2D eigenvalue weighted by molar-refractivity contribution is 7.89. The van der Waals surface area contributed by atoms with E-state index in [2.05, 4.69) is 25.5 Å². The Morgan fingerprint density at radius 3 is 2.26 bits per heavy atom. The minimum atomic E-state index is -4.96. The lowest BCUT2D eigenvalue weighted by molar-refractivity contribution is -0.139. The van der Waals surface area contributed by atoms with Crippen molar-refractivity contribution in [1.29, 1.82) is 0 Å². The monoisotopic (exact) mass is 549 g/mol. The van der Waals surface area contributed by atoms with Crippen LogP contribution in [0.15, 0.2) is 41.3 Å². The van der Waals surface area contributed by atoms with Gasteiger partial charge < -0.3 is 5.73 Å². The van der Waals surface area contributed by atoms with Crippen LogP contribution in [-0.2, 0) is 16.2 Å². The Balaban J connectivity index is 1.39. The number of aromatic amines is 1. The number of sulfonamides is 1. The van der Waals surface area contributed by atoms with Crippen molar-refractivity contribution in [3.8, 4) is 22.5 Å². The van der Waals surface area contributed by atoms with Gasteiger partial charge in [0.05, 0.1) is 11.1 Å². The first-order valence-corrected chi connectivity index (χ1v) is 14.2. The lowest BCUT2D eigenvalue weighted by atomic mass is 9.80. The van der Waals surface area contributed by atoms with E-state index < -0.39 is 26.7 Å². The zero-order valence-corrected chi connectivity index (χ0v) is 21.5. The van der Waals surface area contributed by atoms with Gasteiger partial charge in [0.25, 0.3) is 0 Å². The van der Waals surface area contributed by atoms with Gasteiger partial charge in [-0.15, -0.1) is 10.2 Å². The highest BCUT2D eigenvalue weighted by atomic mass is 32.2. The van der Waals surface area contributed by atoms with Crippen LogP contribution in [0.4, 0.5) is 13.2 Å². The van der Waals surface area contributed by atoms with E-state index in [9.17, 15) is 21.6 Å². The third-order valence-corrected chi connectivity index (χ3v) is 8.82. The molecule has 9 nitrogen and oxygen atoms in total. The number of primary sulfonamides is 1. The lowest BCUT2D eigenvalue weighted by Gasteiger charge is -2.47. The fourth-order valence-electron chi connectivity index (χ4n) is 5.82. The molecule has 1 aromatic heterocycles. The van der Waals surface area contributed by atoms with Gasteiger partial charge in [-0.3, -0.25) is 4.90 Å². The van der Waals surface area contributed by atoms with Crippen molar-refractivity contribution in [3.05, 3.63) is 47.5 Å². The first kappa shape index (κ1) is 26.7. The number of hydrogen-bond acceptors (Lipinski definition) is 7. The molecule has 2 fully saturated rings. The zero-order chi connectivity index (χ0) is 27.1. The number of benzene rings is 2. The van der Waals surface area contributed by atoms with Gasteiger partial charge >= 0.3 is 6.18 Å².